The monoisotopic (exact) mass is 210 g/mol. The average molecular weight is 210 g/mol. The zero-order chi connectivity index (χ0) is 11.1. The van der Waals surface area contributed by atoms with Gasteiger partial charge in [0.25, 0.3) is 0 Å². The van der Waals surface area contributed by atoms with Crippen molar-refractivity contribution < 1.29 is 4.42 Å². The van der Waals surface area contributed by atoms with E-state index in [2.05, 4.69) is 31.4 Å². The highest BCUT2D eigenvalue weighted by Crippen LogP contribution is 1.99. The van der Waals surface area contributed by atoms with E-state index in [4.69, 9.17) is 4.42 Å². The fourth-order valence-electron chi connectivity index (χ4n) is 1.30. The van der Waals surface area contributed by atoms with Crippen LogP contribution in [-0.4, -0.2) is 18.6 Å². The van der Waals surface area contributed by atoms with Crippen LogP contribution in [-0.2, 0) is 6.54 Å². The fraction of sp³-hybridized carbons (Fsp3) is 0.667. The van der Waals surface area contributed by atoms with Gasteiger partial charge in [0.15, 0.2) is 0 Å². The van der Waals surface area contributed by atoms with Gasteiger partial charge in [-0.15, -0.1) is 0 Å². The minimum absolute atomic E-state index is 0.227. The van der Waals surface area contributed by atoms with Gasteiger partial charge in [-0.3, -0.25) is 0 Å². The molecule has 0 amide bonds. The first-order chi connectivity index (χ1) is 7.08. The van der Waals surface area contributed by atoms with Gasteiger partial charge in [0, 0.05) is 17.6 Å². The molecule has 0 atom stereocenters. The van der Waals surface area contributed by atoms with Crippen molar-refractivity contribution in [3.63, 3.8) is 0 Å². The Balaban J connectivity index is 1.94. The summed E-state index contributed by atoms with van der Waals surface area (Å²) in [5, 5.41) is 6.83. The van der Waals surface area contributed by atoms with Crippen molar-refractivity contribution in [2.24, 2.45) is 0 Å². The van der Waals surface area contributed by atoms with Crippen LogP contribution in [0.5, 0.6) is 0 Å². The molecule has 2 N–H and O–H groups in total. The maximum Gasteiger partial charge on any atom is 0.0947 e. The summed E-state index contributed by atoms with van der Waals surface area (Å²) in [4.78, 5) is 0. The second-order valence-electron chi connectivity index (χ2n) is 4.84. The minimum atomic E-state index is 0.227. The highest BCUT2D eigenvalue weighted by atomic mass is 16.3. The summed E-state index contributed by atoms with van der Waals surface area (Å²) in [5.41, 5.74) is 1.43. The van der Waals surface area contributed by atoms with Gasteiger partial charge in [0.1, 0.15) is 0 Å². The third-order valence-electron chi connectivity index (χ3n) is 2.09. The van der Waals surface area contributed by atoms with Gasteiger partial charge in [-0.1, -0.05) is 0 Å². The summed E-state index contributed by atoms with van der Waals surface area (Å²) in [7, 11) is 0. The normalized spacial score (nSPS) is 11.9. The van der Waals surface area contributed by atoms with Crippen molar-refractivity contribution >= 4 is 0 Å². The molecule has 0 saturated carbocycles. The molecular weight excluding hydrogens is 188 g/mol. The molecule has 1 heterocycles. The number of hydrogen-bond acceptors (Lipinski definition) is 3. The third-order valence-corrected chi connectivity index (χ3v) is 2.09. The van der Waals surface area contributed by atoms with Gasteiger partial charge in [-0.25, -0.2) is 0 Å². The largest absolute Gasteiger partial charge is 0.472 e. The SMILES string of the molecule is CC(C)(C)NCCCNCc1ccoc1. The second-order valence-corrected chi connectivity index (χ2v) is 4.84. The van der Waals surface area contributed by atoms with Crippen LogP contribution < -0.4 is 10.6 Å². The molecule has 0 spiro atoms. The molecule has 0 unspecified atom stereocenters. The Morgan fingerprint density at radius 2 is 2.07 bits per heavy atom. The molecule has 3 heteroatoms. The molecule has 0 aliphatic heterocycles. The summed E-state index contributed by atoms with van der Waals surface area (Å²) >= 11 is 0. The molecule has 0 aliphatic rings. The molecule has 86 valence electrons. The molecule has 0 aromatic carbocycles. The number of rotatable bonds is 6. The molecule has 0 bridgehead atoms. The van der Waals surface area contributed by atoms with E-state index < -0.39 is 0 Å². The van der Waals surface area contributed by atoms with Crippen LogP contribution in [0.15, 0.2) is 23.0 Å². The number of hydrogen-bond donors (Lipinski definition) is 2. The van der Waals surface area contributed by atoms with Crippen LogP contribution in [0.2, 0.25) is 0 Å². The number of nitrogens with one attached hydrogen (secondary N) is 2. The molecule has 0 radical (unpaired) electrons. The van der Waals surface area contributed by atoms with Gasteiger partial charge in [0.05, 0.1) is 12.5 Å². The van der Waals surface area contributed by atoms with E-state index in [1.165, 1.54) is 5.56 Å². The molecule has 15 heavy (non-hydrogen) atoms. The topological polar surface area (TPSA) is 37.2 Å². The van der Waals surface area contributed by atoms with Gasteiger partial charge in [0.2, 0.25) is 0 Å². The Morgan fingerprint density at radius 1 is 1.27 bits per heavy atom. The lowest BCUT2D eigenvalue weighted by atomic mass is 10.1. The lowest BCUT2D eigenvalue weighted by Gasteiger charge is -2.20. The summed E-state index contributed by atoms with van der Waals surface area (Å²) in [6, 6.07) is 1.99. The first-order valence-electron chi connectivity index (χ1n) is 5.55. The van der Waals surface area contributed by atoms with Gasteiger partial charge < -0.3 is 15.1 Å². The van der Waals surface area contributed by atoms with Crippen molar-refractivity contribution in [2.45, 2.75) is 39.3 Å². The van der Waals surface area contributed by atoms with Crippen molar-refractivity contribution in [1.29, 1.82) is 0 Å². The highest BCUT2D eigenvalue weighted by molar-refractivity contribution is 5.04. The molecule has 0 saturated heterocycles. The Bertz CT molecular complexity index is 249. The fourth-order valence-corrected chi connectivity index (χ4v) is 1.30. The second kappa shape index (κ2) is 5.93. The lowest BCUT2D eigenvalue weighted by Crippen LogP contribution is -2.37. The summed E-state index contributed by atoms with van der Waals surface area (Å²) in [6.45, 7) is 9.55. The van der Waals surface area contributed by atoms with Gasteiger partial charge in [-0.05, 0) is 46.3 Å². The highest BCUT2D eigenvalue weighted by Gasteiger charge is 2.06. The first kappa shape index (κ1) is 12.3. The Kier molecular flexibility index (Phi) is 4.85. The van der Waals surface area contributed by atoms with E-state index in [1.54, 1.807) is 12.5 Å². The Hall–Kier alpha value is -0.800. The van der Waals surface area contributed by atoms with Gasteiger partial charge >= 0.3 is 0 Å². The molecule has 1 rings (SSSR count). The van der Waals surface area contributed by atoms with Crippen LogP contribution in [0.3, 0.4) is 0 Å². The van der Waals surface area contributed by atoms with E-state index in [-0.39, 0.29) is 5.54 Å². The zero-order valence-corrected chi connectivity index (χ0v) is 9.97. The smallest absolute Gasteiger partial charge is 0.0947 e. The van der Waals surface area contributed by atoms with Crippen LogP contribution in [0.1, 0.15) is 32.8 Å². The van der Waals surface area contributed by atoms with Crippen molar-refractivity contribution in [3.05, 3.63) is 24.2 Å². The minimum Gasteiger partial charge on any atom is -0.472 e. The van der Waals surface area contributed by atoms with Crippen LogP contribution in [0, 0.1) is 0 Å². The Labute approximate surface area is 92.2 Å². The van der Waals surface area contributed by atoms with Crippen LogP contribution in [0.4, 0.5) is 0 Å². The third kappa shape index (κ3) is 6.31. The number of furan rings is 1. The summed E-state index contributed by atoms with van der Waals surface area (Å²) in [5.74, 6) is 0. The molecular formula is C12H22N2O. The summed E-state index contributed by atoms with van der Waals surface area (Å²) < 4.78 is 4.99. The van der Waals surface area contributed by atoms with Crippen LogP contribution in [0.25, 0.3) is 0 Å². The molecule has 1 aromatic rings. The average Bonchev–Trinajstić information content (AvgIpc) is 2.61. The lowest BCUT2D eigenvalue weighted by molar-refractivity contribution is 0.418. The van der Waals surface area contributed by atoms with Crippen molar-refractivity contribution in [1.82, 2.24) is 10.6 Å². The quantitative estimate of drug-likeness (QED) is 0.706. The zero-order valence-electron chi connectivity index (χ0n) is 9.97. The van der Waals surface area contributed by atoms with E-state index in [9.17, 15) is 0 Å². The van der Waals surface area contributed by atoms with E-state index in [1.807, 2.05) is 6.07 Å². The molecule has 1 aromatic heterocycles. The maximum atomic E-state index is 4.99. The molecule has 3 nitrogen and oxygen atoms in total. The maximum absolute atomic E-state index is 4.99. The standard InChI is InChI=1S/C12H22N2O/c1-12(2,3)14-7-4-6-13-9-11-5-8-15-10-11/h5,8,10,13-14H,4,6-7,9H2,1-3H3. The van der Waals surface area contributed by atoms with Gasteiger partial charge in [-0.2, -0.15) is 0 Å². The van der Waals surface area contributed by atoms with E-state index in [0.717, 1.165) is 26.1 Å². The predicted molar refractivity (Wildman–Crippen MR) is 62.8 cm³/mol. The molecule has 0 fully saturated rings. The predicted octanol–water partition coefficient (Wildman–Crippen LogP) is 2.15. The van der Waals surface area contributed by atoms with Crippen molar-refractivity contribution in [2.75, 3.05) is 13.1 Å². The molecule has 0 aliphatic carbocycles. The van der Waals surface area contributed by atoms with E-state index >= 15 is 0 Å². The first-order valence-corrected chi connectivity index (χ1v) is 5.55. The van der Waals surface area contributed by atoms with E-state index in [0.29, 0.717) is 0 Å². The van der Waals surface area contributed by atoms with Crippen LogP contribution >= 0.6 is 0 Å². The Morgan fingerprint density at radius 3 is 2.67 bits per heavy atom. The summed E-state index contributed by atoms with van der Waals surface area (Å²) in [6.07, 6.45) is 4.63. The van der Waals surface area contributed by atoms with Crippen molar-refractivity contribution in [3.8, 4) is 0 Å².